The molecule has 0 saturated carbocycles. The first kappa shape index (κ1) is 12.9. The zero-order valence-corrected chi connectivity index (χ0v) is 10.9. The Hall–Kier alpha value is -2.14. The van der Waals surface area contributed by atoms with Crippen molar-refractivity contribution in [2.24, 2.45) is 11.8 Å². The maximum absolute atomic E-state index is 12.3. The molecule has 0 radical (unpaired) electrons. The number of rotatable bonds is 3. The van der Waals surface area contributed by atoms with Crippen LogP contribution in [0.25, 0.3) is 0 Å². The molecule has 2 aliphatic rings. The van der Waals surface area contributed by atoms with E-state index in [9.17, 15) is 14.7 Å². The molecular weight excluding hydrogens is 258 g/mol. The summed E-state index contributed by atoms with van der Waals surface area (Å²) in [4.78, 5) is 23.6. The fourth-order valence-corrected chi connectivity index (χ4v) is 2.78. The molecule has 2 unspecified atom stereocenters. The molecule has 1 fully saturated rings. The van der Waals surface area contributed by atoms with Crippen LogP contribution in [0.15, 0.2) is 36.4 Å². The number of carbonyl (C=O) groups is 2. The molecule has 1 saturated heterocycles. The van der Waals surface area contributed by atoms with E-state index in [1.165, 1.54) is 0 Å². The Morgan fingerprint density at radius 1 is 1.10 bits per heavy atom. The molecule has 0 aromatic heterocycles. The molecule has 5 heteroatoms. The highest BCUT2D eigenvalue weighted by atomic mass is 16.5. The smallest absolute Gasteiger partial charge is 0.310 e. The van der Waals surface area contributed by atoms with Gasteiger partial charge in [-0.25, -0.2) is 0 Å². The molecule has 2 bridgehead atoms. The molecule has 5 nitrogen and oxygen atoms in total. The Kier molecular flexibility index (Phi) is 3.06. The summed E-state index contributed by atoms with van der Waals surface area (Å²) in [6, 6.07) is 7.38. The molecule has 1 aromatic rings. The zero-order valence-electron chi connectivity index (χ0n) is 10.9. The normalized spacial score (nSPS) is 30.4. The second-order valence-corrected chi connectivity index (χ2v) is 5.20. The molecule has 2 N–H and O–H groups in total. The maximum atomic E-state index is 12.3. The molecule has 2 heterocycles. The molecule has 20 heavy (non-hydrogen) atoms. The number of aryl methyl sites for hydroxylation is 1. The molecule has 0 aliphatic carbocycles. The summed E-state index contributed by atoms with van der Waals surface area (Å²) in [5.41, 5.74) is 1.76. The van der Waals surface area contributed by atoms with Gasteiger partial charge in [-0.3, -0.25) is 9.59 Å². The largest absolute Gasteiger partial charge is 0.481 e. The maximum Gasteiger partial charge on any atom is 0.310 e. The number of aliphatic carboxylic acids is 1. The summed E-state index contributed by atoms with van der Waals surface area (Å²) < 4.78 is 5.48. The molecule has 1 amide bonds. The minimum Gasteiger partial charge on any atom is -0.481 e. The van der Waals surface area contributed by atoms with Gasteiger partial charge < -0.3 is 15.2 Å². The van der Waals surface area contributed by atoms with E-state index in [1.54, 1.807) is 24.3 Å². The zero-order chi connectivity index (χ0) is 14.3. The van der Waals surface area contributed by atoms with Crippen molar-refractivity contribution in [3.05, 3.63) is 42.0 Å². The fourth-order valence-electron chi connectivity index (χ4n) is 2.78. The van der Waals surface area contributed by atoms with Gasteiger partial charge in [-0.2, -0.15) is 0 Å². The number of hydrogen-bond donors (Lipinski definition) is 2. The predicted octanol–water partition coefficient (Wildman–Crippen LogP) is 1.59. The number of carboxylic acids is 1. The summed E-state index contributed by atoms with van der Waals surface area (Å²) in [6.45, 7) is 1.96. The quantitative estimate of drug-likeness (QED) is 0.820. The van der Waals surface area contributed by atoms with E-state index < -0.39 is 30.0 Å². The number of hydrogen-bond acceptors (Lipinski definition) is 3. The van der Waals surface area contributed by atoms with Crippen LogP contribution < -0.4 is 5.32 Å². The molecule has 4 atom stereocenters. The Morgan fingerprint density at radius 3 is 2.30 bits per heavy atom. The standard InChI is InChI=1S/C15H15NO4/c1-8-2-4-9(5-3-8)16-14(17)12-10-6-7-11(20-10)13(12)15(18)19/h2-7,10-13H,1H3,(H,16,17)(H,18,19)/t10?,11?,12-,13+/m1/s1. The molecule has 104 valence electrons. The number of ether oxygens (including phenoxy) is 1. The summed E-state index contributed by atoms with van der Waals surface area (Å²) in [6.07, 6.45) is 2.56. The van der Waals surface area contributed by atoms with Crippen molar-refractivity contribution in [1.29, 1.82) is 0 Å². The Balaban J connectivity index is 1.78. The first-order valence-corrected chi connectivity index (χ1v) is 6.50. The van der Waals surface area contributed by atoms with E-state index in [1.807, 2.05) is 19.1 Å². The monoisotopic (exact) mass is 273 g/mol. The summed E-state index contributed by atoms with van der Waals surface area (Å²) in [5.74, 6) is -2.79. The topological polar surface area (TPSA) is 75.6 Å². The van der Waals surface area contributed by atoms with Gasteiger partial charge in [0.05, 0.1) is 18.1 Å². The van der Waals surface area contributed by atoms with Crippen LogP contribution in [0.4, 0.5) is 5.69 Å². The van der Waals surface area contributed by atoms with Gasteiger partial charge in [0, 0.05) is 5.69 Å². The van der Waals surface area contributed by atoms with Gasteiger partial charge in [0.25, 0.3) is 0 Å². The lowest BCUT2D eigenvalue weighted by Gasteiger charge is -2.21. The molecular formula is C15H15NO4. The van der Waals surface area contributed by atoms with E-state index >= 15 is 0 Å². The lowest BCUT2D eigenvalue weighted by Crippen LogP contribution is -2.39. The summed E-state index contributed by atoms with van der Waals surface area (Å²) in [7, 11) is 0. The number of fused-ring (bicyclic) bond motifs is 2. The van der Waals surface area contributed by atoms with Crippen LogP contribution in [0.2, 0.25) is 0 Å². The van der Waals surface area contributed by atoms with Gasteiger partial charge in [0.15, 0.2) is 0 Å². The van der Waals surface area contributed by atoms with Crippen molar-refractivity contribution < 1.29 is 19.4 Å². The van der Waals surface area contributed by atoms with Gasteiger partial charge in [-0.1, -0.05) is 29.8 Å². The number of carbonyl (C=O) groups excluding carboxylic acids is 1. The third-order valence-corrected chi connectivity index (χ3v) is 3.81. The second kappa shape index (κ2) is 4.76. The number of nitrogens with one attached hydrogen (secondary N) is 1. The lowest BCUT2D eigenvalue weighted by atomic mass is 9.82. The van der Waals surface area contributed by atoms with Crippen LogP contribution in [0, 0.1) is 18.8 Å². The van der Waals surface area contributed by atoms with Crippen molar-refractivity contribution in [2.75, 3.05) is 5.32 Å². The Bertz CT molecular complexity index is 578. The summed E-state index contributed by atoms with van der Waals surface area (Å²) in [5, 5.41) is 12.0. The van der Waals surface area contributed by atoms with Crippen LogP contribution in [-0.2, 0) is 14.3 Å². The van der Waals surface area contributed by atoms with Gasteiger partial charge >= 0.3 is 5.97 Å². The van der Waals surface area contributed by atoms with Crippen LogP contribution in [0.1, 0.15) is 5.56 Å². The number of benzene rings is 1. The van der Waals surface area contributed by atoms with Crippen molar-refractivity contribution in [3.8, 4) is 0 Å². The van der Waals surface area contributed by atoms with Crippen molar-refractivity contribution in [3.63, 3.8) is 0 Å². The average molecular weight is 273 g/mol. The van der Waals surface area contributed by atoms with Crippen molar-refractivity contribution in [2.45, 2.75) is 19.1 Å². The van der Waals surface area contributed by atoms with E-state index in [4.69, 9.17) is 4.74 Å². The van der Waals surface area contributed by atoms with Crippen LogP contribution in [0.3, 0.4) is 0 Å². The van der Waals surface area contributed by atoms with Crippen molar-refractivity contribution in [1.82, 2.24) is 0 Å². The van der Waals surface area contributed by atoms with Crippen LogP contribution in [-0.4, -0.2) is 29.2 Å². The van der Waals surface area contributed by atoms with E-state index in [0.717, 1.165) is 5.56 Å². The van der Waals surface area contributed by atoms with Gasteiger partial charge in [-0.15, -0.1) is 0 Å². The molecule has 3 rings (SSSR count). The Morgan fingerprint density at radius 2 is 1.70 bits per heavy atom. The SMILES string of the molecule is Cc1ccc(NC(=O)[C@@H]2C3C=CC(O3)[C@@H]2C(=O)O)cc1. The first-order chi connectivity index (χ1) is 9.56. The third-order valence-electron chi connectivity index (χ3n) is 3.81. The minimum atomic E-state index is -0.995. The Labute approximate surface area is 116 Å². The highest BCUT2D eigenvalue weighted by molar-refractivity contribution is 5.96. The fraction of sp³-hybridized carbons (Fsp3) is 0.333. The van der Waals surface area contributed by atoms with Gasteiger partial charge in [0.1, 0.15) is 5.92 Å². The van der Waals surface area contributed by atoms with Gasteiger partial charge in [-0.05, 0) is 19.1 Å². The van der Waals surface area contributed by atoms with E-state index in [0.29, 0.717) is 5.69 Å². The molecule has 2 aliphatic heterocycles. The lowest BCUT2D eigenvalue weighted by molar-refractivity contribution is -0.145. The average Bonchev–Trinajstić information content (AvgIpc) is 3.01. The summed E-state index contributed by atoms with van der Waals surface area (Å²) >= 11 is 0. The van der Waals surface area contributed by atoms with E-state index in [2.05, 4.69) is 5.32 Å². The second-order valence-electron chi connectivity index (χ2n) is 5.20. The highest BCUT2D eigenvalue weighted by Crippen LogP contribution is 2.39. The number of carboxylic acid groups (broad SMARTS) is 1. The highest BCUT2D eigenvalue weighted by Gasteiger charge is 2.53. The third kappa shape index (κ3) is 2.10. The predicted molar refractivity (Wildman–Crippen MR) is 72.2 cm³/mol. The van der Waals surface area contributed by atoms with Crippen LogP contribution >= 0.6 is 0 Å². The van der Waals surface area contributed by atoms with E-state index in [-0.39, 0.29) is 5.91 Å². The molecule has 1 aromatic carbocycles. The van der Waals surface area contributed by atoms with Gasteiger partial charge in [0.2, 0.25) is 5.91 Å². The number of anilines is 1. The number of amides is 1. The van der Waals surface area contributed by atoms with Crippen LogP contribution in [0.5, 0.6) is 0 Å². The first-order valence-electron chi connectivity index (χ1n) is 6.50. The minimum absolute atomic E-state index is 0.307. The molecule has 0 spiro atoms. The van der Waals surface area contributed by atoms with Crippen molar-refractivity contribution >= 4 is 17.6 Å².